The van der Waals surface area contributed by atoms with E-state index >= 15 is 0 Å². The van der Waals surface area contributed by atoms with Gasteiger partial charge in [-0.2, -0.15) is 26.3 Å². The Labute approximate surface area is 279 Å². The fourth-order valence-corrected chi connectivity index (χ4v) is 6.84. The molecule has 0 radical (unpaired) electrons. The van der Waals surface area contributed by atoms with E-state index in [1.807, 2.05) is 13.8 Å². The van der Waals surface area contributed by atoms with Crippen molar-refractivity contribution in [3.63, 3.8) is 0 Å². The molecule has 3 heterocycles. The first-order chi connectivity index (χ1) is 23.2. The van der Waals surface area contributed by atoms with Gasteiger partial charge in [-0.15, -0.1) is 0 Å². The number of ether oxygens (including phenoxy) is 1. The average Bonchev–Trinajstić information content (AvgIpc) is 3.61. The Kier molecular flexibility index (Phi) is 10.7. The summed E-state index contributed by atoms with van der Waals surface area (Å²) in [6, 6.07) is 0.318. The average molecular weight is 697 g/mol. The first-order valence-electron chi connectivity index (χ1n) is 16.2. The number of halogens is 6. The van der Waals surface area contributed by atoms with Crippen LogP contribution in [0.3, 0.4) is 0 Å². The van der Waals surface area contributed by atoms with E-state index < -0.39 is 53.6 Å². The third-order valence-electron chi connectivity index (χ3n) is 9.44. The Morgan fingerprint density at radius 1 is 0.918 bits per heavy atom. The van der Waals surface area contributed by atoms with Crippen LogP contribution in [0, 0.1) is 5.92 Å². The molecule has 1 N–H and O–H groups in total. The smallest absolute Gasteiger partial charge is 0.416 e. The van der Waals surface area contributed by atoms with Gasteiger partial charge >= 0.3 is 24.4 Å². The van der Waals surface area contributed by atoms with E-state index in [0.717, 1.165) is 0 Å². The maximum absolute atomic E-state index is 13.8. The van der Waals surface area contributed by atoms with Gasteiger partial charge in [-0.3, -0.25) is 4.79 Å². The molecule has 5 rings (SSSR count). The van der Waals surface area contributed by atoms with Gasteiger partial charge in [-0.1, -0.05) is 13.8 Å². The molecule has 1 amide bonds. The van der Waals surface area contributed by atoms with Gasteiger partial charge in [0.1, 0.15) is 6.10 Å². The number of amides is 1. The van der Waals surface area contributed by atoms with Crippen molar-refractivity contribution in [2.45, 2.75) is 108 Å². The van der Waals surface area contributed by atoms with Crippen molar-refractivity contribution in [1.82, 2.24) is 24.4 Å². The Balaban J connectivity index is 1.45. The van der Waals surface area contributed by atoms with E-state index in [1.54, 1.807) is 26.8 Å². The third kappa shape index (κ3) is 8.44. The molecule has 2 aromatic heterocycles. The molecule has 3 aromatic rings. The van der Waals surface area contributed by atoms with Crippen molar-refractivity contribution in [1.29, 1.82) is 0 Å². The number of aliphatic carboxylic acids is 1. The second kappa shape index (κ2) is 14.6. The number of likely N-dealkylation sites (tertiary alicyclic amines) is 1. The highest BCUT2D eigenvalue weighted by atomic mass is 19.4. The number of benzene rings is 1. The number of rotatable bonds is 9. The number of alkyl halides is 6. The zero-order valence-electron chi connectivity index (χ0n) is 27.0. The number of hydrogen-bond donors (Lipinski definition) is 1. The van der Waals surface area contributed by atoms with Gasteiger partial charge in [0, 0.05) is 37.1 Å². The maximum atomic E-state index is 13.8. The van der Waals surface area contributed by atoms with Crippen LogP contribution in [-0.2, 0) is 28.4 Å². The summed E-state index contributed by atoms with van der Waals surface area (Å²) in [6.07, 6.45) is 0.119. The van der Waals surface area contributed by atoms with Gasteiger partial charge in [-0.25, -0.2) is 19.7 Å². The van der Waals surface area contributed by atoms with Gasteiger partial charge in [0.15, 0.2) is 0 Å². The minimum Gasteiger partial charge on any atom is -0.481 e. The number of carboxylic acids is 1. The largest absolute Gasteiger partial charge is 0.481 e. The summed E-state index contributed by atoms with van der Waals surface area (Å²) in [6.45, 7) is 3.43. The summed E-state index contributed by atoms with van der Waals surface area (Å²) in [5.41, 5.74) is -2.50. The molecular weight excluding hydrogens is 658 g/mol. The minimum atomic E-state index is -5.01. The van der Waals surface area contributed by atoms with E-state index in [2.05, 4.69) is 15.0 Å². The lowest BCUT2D eigenvalue weighted by atomic mass is 9.87. The highest BCUT2D eigenvalue weighted by Gasteiger charge is 2.42. The predicted molar refractivity (Wildman–Crippen MR) is 165 cm³/mol. The van der Waals surface area contributed by atoms with Gasteiger partial charge in [0.2, 0.25) is 5.95 Å². The number of anilines is 1. The summed E-state index contributed by atoms with van der Waals surface area (Å²) in [4.78, 5) is 41.2. The fourth-order valence-electron chi connectivity index (χ4n) is 6.84. The van der Waals surface area contributed by atoms with Crippen molar-refractivity contribution in [2.75, 3.05) is 4.90 Å². The Morgan fingerprint density at radius 2 is 1.49 bits per heavy atom. The zero-order chi connectivity index (χ0) is 35.5. The quantitative estimate of drug-likeness (QED) is 0.229. The summed E-state index contributed by atoms with van der Waals surface area (Å²) in [5, 5.41) is 9.31. The molecule has 1 aliphatic heterocycles. The minimum absolute atomic E-state index is 0.0999. The lowest BCUT2D eigenvalue weighted by Crippen LogP contribution is -2.57. The van der Waals surface area contributed by atoms with Gasteiger partial charge in [0.05, 0.1) is 41.5 Å². The van der Waals surface area contributed by atoms with Crippen LogP contribution in [-0.4, -0.2) is 65.8 Å². The van der Waals surface area contributed by atoms with Crippen molar-refractivity contribution in [3.05, 3.63) is 66.0 Å². The number of aromatic nitrogens is 4. The Morgan fingerprint density at radius 3 is 1.96 bits per heavy atom. The highest BCUT2D eigenvalue weighted by Crippen LogP contribution is 2.38. The predicted octanol–water partition coefficient (Wildman–Crippen LogP) is 7.51. The van der Waals surface area contributed by atoms with Crippen LogP contribution in [0.5, 0.6) is 0 Å². The third-order valence-corrected chi connectivity index (χ3v) is 9.44. The number of carbonyl (C=O) groups is 2. The molecular formula is C33H38F6N6O4. The first-order valence-corrected chi connectivity index (χ1v) is 16.2. The highest BCUT2D eigenvalue weighted by molar-refractivity contribution is 5.70. The van der Waals surface area contributed by atoms with Gasteiger partial charge in [-0.05, 0) is 75.1 Å². The first kappa shape index (κ1) is 35.9. The maximum Gasteiger partial charge on any atom is 0.416 e. The van der Waals surface area contributed by atoms with Crippen LogP contribution >= 0.6 is 0 Å². The van der Waals surface area contributed by atoms with Crippen molar-refractivity contribution >= 4 is 18.0 Å². The lowest BCUT2D eigenvalue weighted by Gasteiger charge is -2.47. The summed E-state index contributed by atoms with van der Waals surface area (Å²) in [7, 11) is 0. The van der Waals surface area contributed by atoms with E-state index in [1.165, 1.54) is 18.7 Å². The summed E-state index contributed by atoms with van der Waals surface area (Å²) < 4.78 is 90.2. The molecule has 1 saturated carbocycles. The molecule has 2 fully saturated rings. The Bertz CT molecular complexity index is 1530. The molecule has 0 bridgehead atoms. The molecule has 2 aliphatic rings. The monoisotopic (exact) mass is 696 g/mol. The normalized spacial score (nSPS) is 23.3. The number of hydrogen-bond acceptors (Lipinski definition) is 7. The fraction of sp³-hybridized carbons (Fsp3) is 0.545. The van der Waals surface area contributed by atoms with Gasteiger partial charge < -0.3 is 24.2 Å². The lowest BCUT2D eigenvalue weighted by molar-refractivity contribution is -0.144. The Hall–Kier alpha value is -4.37. The van der Waals surface area contributed by atoms with Crippen molar-refractivity contribution < 1.29 is 45.8 Å². The standard InChI is InChI=1S/C33H38F6N6O4/c1-3-24-14-26(15-25(4-2)45(24)31(48)49-28-7-5-21(6-8-28)29(46)47)44(30-41-16-27(17-42-30)43-10-9-40-19-43)18-20-11-22(32(34,35)36)13-23(12-20)33(37,38)39/h9-13,16-17,19,21,24-26,28H,3-8,14-15,18H2,1-2H3,(H,46,47)/t21?,24-,25+,26-,28?. The van der Waals surface area contributed by atoms with Crippen LogP contribution in [0.15, 0.2) is 49.3 Å². The molecule has 0 spiro atoms. The molecule has 1 aliphatic carbocycles. The SMILES string of the molecule is CC[C@@H]1C[C@@H](N(Cc2cc(C(F)(F)F)cc(C(F)(F)F)c2)c2ncc(-n3ccnc3)cn2)C[C@H](CC)N1C(=O)OC1CCC(C(=O)O)CC1. The molecule has 1 saturated heterocycles. The van der Waals surface area contributed by atoms with Crippen LogP contribution in [0.4, 0.5) is 37.1 Å². The number of imidazole rings is 1. The number of piperidine rings is 1. The number of carbonyl (C=O) groups excluding carboxylic acids is 1. The molecule has 16 heteroatoms. The number of nitrogens with zero attached hydrogens (tertiary/aromatic N) is 6. The second-order valence-corrected chi connectivity index (χ2v) is 12.6. The van der Waals surface area contributed by atoms with Crippen LogP contribution in [0.1, 0.15) is 81.9 Å². The van der Waals surface area contributed by atoms with Crippen molar-refractivity contribution in [3.8, 4) is 5.69 Å². The molecule has 1 aromatic carbocycles. The van der Waals surface area contributed by atoms with Crippen LogP contribution < -0.4 is 4.90 Å². The van der Waals surface area contributed by atoms with E-state index in [4.69, 9.17) is 4.74 Å². The van der Waals surface area contributed by atoms with Crippen molar-refractivity contribution in [2.24, 2.45) is 5.92 Å². The van der Waals surface area contributed by atoms with E-state index in [0.29, 0.717) is 69.2 Å². The molecule has 10 nitrogen and oxygen atoms in total. The topological polar surface area (TPSA) is 114 Å². The molecule has 266 valence electrons. The van der Waals surface area contributed by atoms with E-state index in [-0.39, 0.29) is 36.2 Å². The van der Waals surface area contributed by atoms with Crippen LogP contribution in [0.2, 0.25) is 0 Å². The molecule has 3 atom stereocenters. The number of carboxylic acid groups (broad SMARTS) is 1. The van der Waals surface area contributed by atoms with Gasteiger partial charge in [0.25, 0.3) is 0 Å². The summed E-state index contributed by atoms with van der Waals surface area (Å²) in [5.74, 6) is -1.23. The van der Waals surface area contributed by atoms with Crippen LogP contribution in [0.25, 0.3) is 5.69 Å². The zero-order valence-corrected chi connectivity index (χ0v) is 27.0. The van der Waals surface area contributed by atoms with E-state index in [9.17, 15) is 41.0 Å². The molecule has 49 heavy (non-hydrogen) atoms. The summed E-state index contributed by atoms with van der Waals surface area (Å²) >= 11 is 0. The molecule has 0 unspecified atom stereocenters. The second-order valence-electron chi connectivity index (χ2n) is 12.6.